The van der Waals surface area contributed by atoms with Crippen molar-refractivity contribution < 1.29 is 14.3 Å². The minimum absolute atomic E-state index is 0.0120. The number of ketones is 1. The van der Waals surface area contributed by atoms with Crippen LogP contribution in [0.5, 0.6) is 5.75 Å². The lowest BCUT2D eigenvalue weighted by molar-refractivity contribution is -0.122. The summed E-state index contributed by atoms with van der Waals surface area (Å²) in [6, 6.07) is 5.44. The molecule has 1 amide bonds. The predicted molar refractivity (Wildman–Crippen MR) is 74.0 cm³/mol. The van der Waals surface area contributed by atoms with E-state index < -0.39 is 0 Å². The number of amides is 1. The summed E-state index contributed by atoms with van der Waals surface area (Å²) in [5.41, 5.74) is 0.681. The number of Topliss-reactive ketones (excluding diaryl/α,β-unsaturated/α-hetero) is 1. The van der Waals surface area contributed by atoms with Crippen molar-refractivity contribution in [2.75, 3.05) is 19.1 Å². The molecule has 0 aliphatic heterocycles. The summed E-state index contributed by atoms with van der Waals surface area (Å²) in [6.45, 7) is 1.48. The van der Waals surface area contributed by atoms with E-state index in [0.29, 0.717) is 11.4 Å². The molecular formula is C13H16BrNO3. The van der Waals surface area contributed by atoms with Crippen molar-refractivity contribution in [1.82, 2.24) is 0 Å². The maximum Gasteiger partial charge on any atom is 0.227 e. The lowest BCUT2D eigenvalue weighted by atomic mass is 10.2. The molecular weight excluding hydrogens is 298 g/mol. The van der Waals surface area contributed by atoms with Crippen LogP contribution in [0.15, 0.2) is 22.7 Å². The second kappa shape index (κ2) is 6.54. The molecule has 1 aromatic rings. The predicted octanol–water partition coefficient (Wildman–Crippen LogP) is 2.79. The molecule has 0 aromatic heterocycles. The molecule has 0 aliphatic rings. The molecule has 0 saturated carbocycles. The van der Waals surface area contributed by atoms with Crippen LogP contribution in [0.4, 0.5) is 5.69 Å². The van der Waals surface area contributed by atoms with Gasteiger partial charge in [0.25, 0.3) is 0 Å². The molecule has 0 spiro atoms. The van der Waals surface area contributed by atoms with E-state index in [2.05, 4.69) is 15.9 Å². The Morgan fingerprint density at radius 1 is 1.33 bits per heavy atom. The lowest BCUT2D eigenvalue weighted by Crippen LogP contribution is -2.26. The number of nitrogens with zero attached hydrogens (tertiary/aromatic N) is 1. The number of benzene rings is 1. The van der Waals surface area contributed by atoms with E-state index in [9.17, 15) is 9.59 Å². The van der Waals surface area contributed by atoms with E-state index >= 15 is 0 Å². The molecule has 4 nitrogen and oxygen atoms in total. The number of hydrogen-bond donors (Lipinski definition) is 0. The van der Waals surface area contributed by atoms with Crippen LogP contribution in [-0.4, -0.2) is 25.8 Å². The van der Waals surface area contributed by atoms with Crippen LogP contribution in [0.2, 0.25) is 0 Å². The van der Waals surface area contributed by atoms with Crippen LogP contribution >= 0.6 is 15.9 Å². The van der Waals surface area contributed by atoms with E-state index in [1.54, 1.807) is 20.2 Å². The van der Waals surface area contributed by atoms with Gasteiger partial charge in [0.1, 0.15) is 11.5 Å². The monoisotopic (exact) mass is 313 g/mol. The number of anilines is 1. The highest BCUT2D eigenvalue weighted by molar-refractivity contribution is 9.10. The molecule has 1 aromatic carbocycles. The SMILES string of the molecule is COc1ccc(Br)cc1N(C)C(=O)CCC(C)=O. The van der Waals surface area contributed by atoms with Gasteiger partial charge in [-0.2, -0.15) is 0 Å². The Balaban J connectivity index is 2.88. The van der Waals surface area contributed by atoms with Crippen molar-refractivity contribution in [3.8, 4) is 5.75 Å². The molecule has 0 bridgehead atoms. The molecule has 0 saturated heterocycles. The fourth-order valence-corrected chi connectivity index (χ4v) is 1.86. The topological polar surface area (TPSA) is 46.6 Å². The Morgan fingerprint density at radius 3 is 2.56 bits per heavy atom. The molecule has 0 unspecified atom stereocenters. The van der Waals surface area contributed by atoms with E-state index in [0.717, 1.165) is 4.47 Å². The lowest BCUT2D eigenvalue weighted by Gasteiger charge is -2.20. The smallest absolute Gasteiger partial charge is 0.227 e. The average Bonchev–Trinajstić information content (AvgIpc) is 2.34. The zero-order valence-electron chi connectivity index (χ0n) is 10.7. The highest BCUT2D eigenvalue weighted by atomic mass is 79.9. The molecule has 0 atom stereocenters. The Morgan fingerprint density at radius 2 is 2.00 bits per heavy atom. The van der Waals surface area contributed by atoms with E-state index in [1.807, 2.05) is 12.1 Å². The van der Waals surface area contributed by atoms with Gasteiger partial charge in [0.05, 0.1) is 12.8 Å². The van der Waals surface area contributed by atoms with Crippen LogP contribution in [0.3, 0.4) is 0 Å². The Labute approximate surface area is 115 Å². The third-order valence-corrected chi connectivity index (χ3v) is 3.06. The summed E-state index contributed by atoms with van der Waals surface area (Å²) in [4.78, 5) is 24.3. The molecule has 0 heterocycles. The number of carbonyl (C=O) groups excluding carboxylic acids is 2. The molecule has 0 fully saturated rings. The third-order valence-electron chi connectivity index (χ3n) is 2.57. The maximum atomic E-state index is 11.9. The molecule has 0 aliphatic carbocycles. The first-order valence-corrected chi connectivity index (χ1v) is 6.34. The number of carbonyl (C=O) groups is 2. The van der Waals surface area contributed by atoms with Gasteiger partial charge in [-0.3, -0.25) is 4.79 Å². The number of hydrogen-bond acceptors (Lipinski definition) is 3. The Kier molecular flexibility index (Phi) is 5.34. The molecule has 5 heteroatoms. The summed E-state index contributed by atoms with van der Waals surface area (Å²) in [5, 5.41) is 0. The van der Waals surface area contributed by atoms with Gasteiger partial charge in [-0.05, 0) is 25.1 Å². The number of halogens is 1. The van der Waals surface area contributed by atoms with E-state index in [1.165, 1.54) is 11.8 Å². The van der Waals surface area contributed by atoms with Crippen LogP contribution in [-0.2, 0) is 9.59 Å². The second-order valence-electron chi connectivity index (χ2n) is 3.97. The molecule has 18 heavy (non-hydrogen) atoms. The minimum atomic E-state index is -0.110. The molecule has 1 rings (SSSR count). The van der Waals surface area contributed by atoms with Crippen molar-refractivity contribution in [3.63, 3.8) is 0 Å². The van der Waals surface area contributed by atoms with Gasteiger partial charge in [0, 0.05) is 24.4 Å². The van der Waals surface area contributed by atoms with Gasteiger partial charge in [-0.15, -0.1) is 0 Å². The number of rotatable bonds is 5. The summed E-state index contributed by atoms with van der Waals surface area (Å²) >= 11 is 3.36. The highest BCUT2D eigenvalue weighted by Gasteiger charge is 2.15. The van der Waals surface area contributed by atoms with Crippen LogP contribution in [0, 0.1) is 0 Å². The first-order valence-electron chi connectivity index (χ1n) is 5.55. The largest absolute Gasteiger partial charge is 0.495 e. The Hall–Kier alpha value is -1.36. The van der Waals surface area contributed by atoms with Crippen LogP contribution in [0.25, 0.3) is 0 Å². The quantitative estimate of drug-likeness (QED) is 0.839. The second-order valence-corrected chi connectivity index (χ2v) is 4.89. The highest BCUT2D eigenvalue weighted by Crippen LogP contribution is 2.31. The number of ether oxygens (including phenoxy) is 1. The third kappa shape index (κ3) is 3.84. The van der Waals surface area contributed by atoms with Gasteiger partial charge < -0.3 is 14.4 Å². The van der Waals surface area contributed by atoms with Crippen molar-refractivity contribution in [1.29, 1.82) is 0 Å². The molecule has 0 N–H and O–H groups in total. The van der Waals surface area contributed by atoms with Gasteiger partial charge in [-0.25, -0.2) is 0 Å². The molecule has 0 radical (unpaired) electrons. The minimum Gasteiger partial charge on any atom is -0.495 e. The standard InChI is InChI=1S/C13H16BrNO3/c1-9(16)4-7-13(17)15(2)11-8-10(14)5-6-12(11)18-3/h5-6,8H,4,7H2,1-3H3. The van der Waals surface area contributed by atoms with Crippen molar-refractivity contribution in [2.24, 2.45) is 0 Å². The van der Waals surface area contributed by atoms with Gasteiger partial charge in [0.2, 0.25) is 5.91 Å². The van der Waals surface area contributed by atoms with Gasteiger partial charge in [0.15, 0.2) is 0 Å². The molecule has 98 valence electrons. The van der Waals surface area contributed by atoms with Crippen molar-refractivity contribution >= 4 is 33.3 Å². The summed E-state index contributed by atoms with van der Waals surface area (Å²) in [6.07, 6.45) is 0.473. The van der Waals surface area contributed by atoms with Crippen molar-refractivity contribution in [3.05, 3.63) is 22.7 Å². The normalized spacial score (nSPS) is 10.0. The fourth-order valence-electron chi connectivity index (χ4n) is 1.51. The van der Waals surface area contributed by atoms with Crippen LogP contribution < -0.4 is 9.64 Å². The zero-order chi connectivity index (χ0) is 13.7. The van der Waals surface area contributed by atoms with Gasteiger partial charge in [-0.1, -0.05) is 15.9 Å². The summed E-state index contributed by atoms with van der Waals surface area (Å²) < 4.78 is 6.08. The fraction of sp³-hybridized carbons (Fsp3) is 0.385. The maximum absolute atomic E-state index is 11.9. The number of methoxy groups -OCH3 is 1. The first-order chi connectivity index (χ1) is 8.45. The average molecular weight is 314 g/mol. The van der Waals surface area contributed by atoms with E-state index in [-0.39, 0.29) is 24.5 Å². The first kappa shape index (κ1) is 14.7. The Bertz CT molecular complexity index is 460. The summed E-state index contributed by atoms with van der Waals surface area (Å²) in [5.74, 6) is 0.524. The summed E-state index contributed by atoms with van der Waals surface area (Å²) in [7, 11) is 3.23. The zero-order valence-corrected chi connectivity index (χ0v) is 12.3. The van der Waals surface area contributed by atoms with E-state index in [4.69, 9.17) is 4.74 Å². The van der Waals surface area contributed by atoms with Gasteiger partial charge >= 0.3 is 0 Å². The van der Waals surface area contributed by atoms with Crippen LogP contribution in [0.1, 0.15) is 19.8 Å². The van der Waals surface area contributed by atoms with Crippen molar-refractivity contribution in [2.45, 2.75) is 19.8 Å².